The molecule has 0 bridgehead atoms. The average molecular weight is 466 g/mol. The Morgan fingerprint density at radius 3 is 2.35 bits per heavy atom. The molecule has 0 aliphatic carbocycles. The zero-order valence-corrected chi connectivity index (χ0v) is 18.9. The van der Waals surface area contributed by atoms with Gasteiger partial charge in [0.2, 0.25) is 17.6 Å². The summed E-state index contributed by atoms with van der Waals surface area (Å²) in [5.41, 5.74) is 6.87. The van der Waals surface area contributed by atoms with Gasteiger partial charge in [-0.05, 0) is 25.1 Å². The van der Waals surface area contributed by atoms with Gasteiger partial charge in [-0.25, -0.2) is 4.68 Å². The molecule has 34 heavy (non-hydrogen) atoms. The lowest BCUT2D eigenvalue weighted by Gasteiger charge is -2.27. The summed E-state index contributed by atoms with van der Waals surface area (Å²) in [4.78, 5) is 28.2. The number of methoxy groups -OCH3 is 3. The van der Waals surface area contributed by atoms with Crippen molar-refractivity contribution in [3.8, 4) is 28.6 Å². The van der Waals surface area contributed by atoms with Gasteiger partial charge in [0.15, 0.2) is 17.3 Å². The first kappa shape index (κ1) is 22.6. The van der Waals surface area contributed by atoms with E-state index in [9.17, 15) is 14.9 Å². The highest BCUT2D eigenvalue weighted by molar-refractivity contribution is 5.95. The van der Waals surface area contributed by atoms with Crippen LogP contribution in [0.1, 0.15) is 18.5 Å². The Bertz CT molecular complexity index is 1310. The van der Waals surface area contributed by atoms with E-state index in [2.05, 4.69) is 15.4 Å². The molecule has 1 unspecified atom stereocenters. The molecule has 176 valence electrons. The van der Waals surface area contributed by atoms with Gasteiger partial charge in [-0.15, -0.1) is 5.10 Å². The first-order valence-electron chi connectivity index (χ1n) is 10.1. The van der Waals surface area contributed by atoms with Crippen LogP contribution < -0.4 is 25.3 Å². The molecule has 0 saturated carbocycles. The maximum Gasteiger partial charge on any atom is 0.275 e. The predicted octanol–water partition coefficient (Wildman–Crippen LogP) is 2.65. The van der Waals surface area contributed by atoms with Crippen LogP contribution in [-0.2, 0) is 4.79 Å². The van der Waals surface area contributed by atoms with E-state index in [0.29, 0.717) is 28.5 Å². The third kappa shape index (κ3) is 3.64. The minimum atomic E-state index is -0.960. The summed E-state index contributed by atoms with van der Waals surface area (Å²) < 4.78 is 17.6. The van der Waals surface area contributed by atoms with Crippen LogP contribution in [0, 0.1) is 10.1 Å². The maximum atomic E-state index is 12.4. The second-order valence-corrected chi connectivity index (χ2v) is 7.36. The van der Waals surface area contributed by atoms with Crippen LogP contribution in [0.25, 0.3) is 11.4 Å². The van der Waals surface area contributed by atoms with Gasteiger partial charge < -0.3 is 25.3 Å². The topological polar surface area (TPSA) is 157 Å². The number of hydrogen-bond acceptors (Lipinski definition) is 9. The van der Waals surface area contributed by atoms with Crippen LogP contribution in [0.15, 0.2) is 47.7 Å². The Hall–Kier alpha value is -4.61. The fourth-order valence-electron chi connectivity index (χ4n) is 3.98. The van der Waals surface area contributed by atoms with Gasteiger partial charge in [0, 0.05) is 17.3 Å². The van der Waals surface area contributed by atoms with E-state index < -0.39 is 16.9 Å². The van der Waals surface area contributed by atoms with Gasteiger partial charge >= 0.3 is 0 Å². The number of amides is 1. The summed E-state index contributed by atoms with van der Waals surface area (Å²) in [6.07, 6.45) is 0. The number of allylic oxidation sites excluding steroid dienone is 1. The fourth-order valence-corrected chi connectivity index (χ4v) is 3.98. The largest absolute Gasteiger partial charge is 0.493 e. The standard InChI is InChI=1S/C22H22N6O6/c1-11-17(20(23)29)18(13-7-5-6-8-14(13)28(30)31)27-22(24-11)25-21(26-27)12-9-15(32-2)19(34-4)16(10-12)33-3/h5-10,18H,1-4H3,(H2,23,29)(H,24,25,26). The van der Waals surface area contributed by atoms with E-state index in [0.717, 1.165) is 0 Å². The quantitative estimate of drug-likeness (QED) is 0.394. The molecule has 1 aliphatic rings. The summed E-state index contributed by atoms with van der Waals surface area (Å²) in [5.74, 6) is 1.03. The fraction of sp³-hybridized carbons (Fsp3) is 0.227. The number of ether oxygens (including phenoxy) is 3. The predicted molar refractivity (Wildman–Crippen MR) is 122 cm³/mol. The SMILES string of the molecule is COc1cc(-c2nc3n(n2)C(c2ccccc2[N+](=O)[O-])C(C(N)=O)=C(C)N3)cc(OC)c1OC. The van der Waals surface area contributed by atoms with Crippen molar-refractivity contribution in [3.63, 3.8) is 0 Å². The van der Waals surface area contributed by atoms with E-state index in [1.807, 2.05) is 0 Å². The molecule has 0 saturated heterocycles. The molecule has 1 aromatic heterocycles. The molecule has 2 aromatic carbocycles. The highest BCUT2D eigenvalue weighted by Gasteiger charge is 2.37. The minimum Gasteiger partial charge on any atom is -0.493 e. The number of nitro groups is 1. The number of rotatable bonds is 7. The Morgan fingerprint density at radius 2 is 1.79 bits per heavy atom. The smallest absolute Gasteiger partial charge is 0.275 e. The summed E-state index contributed by atoms with van der Waals surface area (Å²) in [6, 6.07) is 8.52. The number of benzene rings is 2. The lowest BCUT2D eigenvalue weighted by molar-refractivity contribution is -0.385. The van der Waals surface area contributed by atoms with Gasteiger partial charge in [0.1, 0.15) is 6.04 Å². The number of carbonyl (C=O) groups is 1. The molecule has 0 radical (unpaired) electrons. The number of para-hydroxylation sites is 1. The number of nitrogens with zero attached hydrogens (tertiary/aromatic N) is 4. The molecule has 1 atom stereocenters. The van der Waals surface area contributed by atoms with Crippen LogP contribution >= 0.6 is 0 Å². The normalized spacial score (nSPS) is 14.8. The Balaban J connectivity index is 1.93. The van der Waals surface area contributed by atoms with E-state index in [1.54, 1.807) is 37.3 Å². The minimum absolute atomic E-state index is 0.142. The van der Waals surface area contributed by atoms with Crippen molar-refractivity contribution < 1.29 is 23.9 Å². The van der Waals surface area contributed by atoms with Crippen molar-refractivity contribution in [3.05, 3.63) is 63.3 Å². The number of aromatic nitrogens is 3. The van der Waals surface area contributed by atoms with Crippen molar-refractivity contribution in [2.75, 3.05) is 26.6 Å². The molecule has 4 rings (SSSR count). The van der Waals surface area contributed by atoms with Crippen LogP contribution in [0.5, 0.6) is 17.2 Å². The molecule has 1 amide bonds. The van der Waals surface area contributed by atoms with Crippen molar-refractivity contribution in [2.24, 2.45) is 5.73 Å². The van der Waals surface area contributed by atoms with Crippen molar-refractivity contribution in [1.29, 1.82) is 0 Å². The lowest BCUT2D eigenvalue weighted by Crippen LogP contribution is -2.32. The Labute approximate surface area is 194 Å². The van der Waals surface area contributed by atoms with Crippen LogP contribution in [-0.4, -0.2) is 46.9 Å². The summed E-state index contributed by atoms with van der Waals surface area (Å²) in [6.45, 7) is 1.65. The number of nitrogens with two attached hydrogens (primary N) is 1. The van der Waals surface area contributed by atoms with Crippen LogP contribution in [0.3, 0.4) is 0 Å². The maximum absolute atomic E-state index is 12.4. The molecule has 12 heteroatoms. The van der Waals surface area contributed by atoms with E-state index in [1.165, 1.54) is 32.1 Å². The van der Waals surface area contributed by atoms with Crippen molar-refractivity contribution in [1.82, 2.24) is 14.8 Å². The average Bonchev–Trinajstić information content (AvgIpc) is 3.25. The zero-order valence-electron chi connectivity index (χ0n) is 18.9. The number of hydrogen-bond donors (Lipinski definition) is 2. The summed E-state index contributed by atoms with van der Waals surface area (Å²) in [5, 5.41) is 19.3. The molecular formula is C22H22N6O6. The zero-order chi connectivity index (χ0) is 24.6. The summed E-state index contributed by atoms with van der Waals surface area (Å²) in [7, 11) is 4.48. The van der Waals surface area contributed by atoms with Crippen molar-refractivity contribution >= 4 is 17.5 Å². The molecule has 1 aliphatic heterocycles. The molecule has 3 N–H and O–H groups in total. The number of anilines is 1. The van der Waals surface area contributed by atoms with Gasteiger partial charge in [-0.3, -0.25) is 14.9 Å². The molecule has 2 heterocycles. The number of carbonyl (C=O) groups excluding carboxylic acids is 1. The summed E-state index contributed by atoms with van der Waals surface area (Å²) >= 11 is 0. The second kappa shape index (κ2) is 8.73. The van der Waals surface area contributed by atoms with E-state index in [4.69, 9.17) is 19.9 Å². The highest BCUT2D eigenvalue weighted by atomic mass is 16.6. The lowest BCUT2D eigenvalue weighted by atomic mass is 9.94. The third-order valence-corrected chi connectivity index (χ3v) is 5.47. The molecule has 3 aromatic rings. The number of nitro benzene ring substituents is 1. The Morgan fingerprint density at radius 1 is 1.15 bits per heavy atom. The van der Waals surface area contributed by atoms with Gasteiger partial charge in [0.05, 0.1) is 37.4 Å². The van der Waals surface area contributed by atoms with Gasteiger partial charge in [0.25, 0.3) is 5.69 Å². The van der Waals surface area contributed by atoms with Gasteiger partial charge in [-0.1, -0.05) is 12.1 Å². The molecule has 0 spiro atoms. The monoisotopic (exact) mass is 466 g/mol. The number of nitrogens with one attached hydrogen (secondary N) is 1. The third-order valence-electron chi connectivity index (χ3n) is 5.47. The molecule has 12 nitrogen and oxygen atoms in total. The van der Waals surface area contributed by atoms with Crippen LogP contribution in [0.2, 0.25) is 0 Å². The number of fused-ring (bicyclic) bond motifs is 1. The first-order valence-corrected chi connectivity index (χ1v) is 10.1. The van der Waals surface area contributed by atoms with Gasteiger partial charge in [-0.2, -0.15) is 4.98 Å². The van der Waals surface area contributed by atoms with Crippen molar-refractivity contribution in [2.45, 2.75) is 13.0 Å². The molecular weight excluding hydrogens is 444 g/mol. The molecule has 0 fully saturated rings. The van der Waals surface area contributed by atoms with Crippen LogP contribution in [0.4, 0.5) is 11.6 Å². The number of primary amides is 1. The Kier molecular flexibility index (Phi) is 5.80. The van der Waals surface area contributed by atoms with E-state index in [-0.39, 0.29) is 28.6 Å². The second-order valence-electron chi connectivity index (χ2n) is 7.36. The van der Waals surface area contributed by atoms with E-state index >= 15 is 0 Å². The first-order chi connectivity index (χ1) is 16.3. The highest BCUT2D eigenvalue weighted by Crippen LogP contribution is 2.43.